The highest BCUT2D eigenvalue weighted by molar-refractivity contribution is 4.62. The normalized spacial score (nSPS) is 24.6. The maximum Gasteiger partial charge on any atom is 0.146 e. The van der Waals surface area contributed by atoms with Crippen molar-refractivity contribution in [3.05, 3.63) is 0 Å². The number of ether oxygens (including phenoxy) is 2. The molecule has 60 valence electrons. The van der Waals surface area contributed by atoms with Crippen LogP contribution in [0, 0.1) is 5.92 Å². The molecule has 0 spiro atoms. The molecular formula is C7H14O3. The second-order valence-electron chi connectivity index (χ2n) is 2.81. The van der Waals surface area contributed by atoms with Crippen molar-refractivity contribution in [3.63, 3.8) is 0 Å². The van der Waals surface area contributed by atoms with Crippen LogP contribution in [-0.4, -0.2) is 31.2 Å². The van der Waals surface area contributed by atoms with Crippen molar-refractivity contribution in [2.24, 2.45) is 5.92 Å². The number of rotatable bonds is 2. The Morgan fingerprint density at radius 2 is 2.10 bits per heavy atom. The smallest absolute Gasteiger partial charge is 0.146 e. The van der Waals surface area contributed by atoms with Crippen LogP contribution in [-0.2, 0) is 9.47 Å². The molecule has 0 amide bonds. The maximum atomic E-state index is 8.99. The van der Waals surface area contributed by atoms with Crippen LogP contribution in [0.1, 0.15) is 13.3 Å². The Morgan fingerprint density at radius 1 is 1.50 bits per heavy atom. The molecule has 1 heterocycles. The molecule has 0 aromatic rings. The standard InChI is InChI=1S/C7H14O3/c1-6(8)2-7-3-9-5-10-4-7/h6-8H,2-5H2,1H3. The molecule has 10 heavy (non-hydrogen) atoms. The van der Waals surface area contributed by atoms with Crippen molar-refractivity contribution in [1.29, 1.82) is 0 Å². The first-order valence-electron chi connectivity index (χ1n) is 3.62. The average molecular weight is 146 g/mol. The van der Waals surface area contributed by atoms with Crippen LogP contribution in [0.15, 0.2) is 0 Å². The summed E-state index contributed by atoms with van der Waals surface area (Å²) >= 11 is 0. The molecule has 1 aliphatic heterocycles. The average Bonchev–Trinajstić information content (AvgIpc) is 1.88. The predicted octanol–water partition coefficient (Wildman–Crippen LogP) is 0.378. The summed E-state index contributed by atoms with van der Waals surface area (Å²) in [6.45, 7) is 3.65. The molecule has 1 N–H and O–H groups in total. The topological polar surface area (TPSA) is 38.7 Å². The van der Waals surface area contributed by atoms with Crippen LogP contribution in [0.2, 0.25) is 0 Å². The number of aliphatic hydroxyl groups is 1. The van der Waals surface area contributed by atoms with E-state index in [0.29, 0.717) is 12.7 Å². The molecule has 1 atom stereocenters. The third-order valence-electron chi connectivity index (χ3n) is 1.55. The van der Waals surface area contributed by atoms with Gasteiger partial charge in [0.2, 0.25) is 0 Å². The van der Waals surface area contributed by atoms with E-state index in [-0.39, 0.29) is 6.10 Å². The largest absolute Gasteiger partial charge is 0.393 e. The van der Waals surface area contributed by atoms with Crippen molar-refractivity contribution < 1.29 is 14.6 Å². The van der Waals surface area contributed by atoms with Crippen molar-refractivity contribution in [2.75, 3.05) is 20.0 Å². The molecule has 1 rings (SSSR count). The van der Waals surface area contributed by atoms with Crippen LogP contribution in [0.5, 0.6) is 0 Å². The summed E-state index contributed by atoms with van der Waals surface area (Å²) < 4.78 is 10.1. The molecule has 3 heteroatoms. The van der Waals surface area contributed by atoms with Gasteiger partial charge in [0, 0.05) is 5.92 Å². The summed E-state index contributed by atoms with van der Waals surface area (Å²) in [6.07, 6.45) is 0.537. The SMILES string of the molecule is CC(O)CC1COCOC1. The molecule has 0 aromatic carbocycles. The van der Waals surface area contributed by atoms with Gasteiger partial charge in [-0.2, -0.15) is 0 Å². The first-order valence-corrected chi connectivity index (χ1v) is 3.62. The van der Waals surface area contributed by atoms with Crippen molar-refractivity contribution in [2.45, 2.75) is 19.4 Å². The summed E-state index contributed by atoms with van der Waals surface area (Å²) in [7, 11) is 0. The second kappa shape index (κ2) is 3.91. The third-order valence-corrected chi connectivity index (χ3v) is 1.55. The fourth-order valence-corrected chi connectivity index (χ4v) is 1.16. The van der Waals surface area contributed by atoms with Gasteiger partial charge in [0.15, 0.2) is 0 Å². The Kier molecular flexibility index (Phi) is 3.12. The Hall–Kier alpha value is -0.120. The van der Waals surface area contributed by atoms with Gasteiger partial charge < -0.3 is 14.6 Å². The summed E-state index contributed by atoms with van der Waals surface area (Å²) in [5.74, 6) is 0.383. The highest BCUT2D eigenvalue weighted by Gasteiger charge is 2.15. The van der Waals surface area contributed by atoms with E-state index in [0.717, 1.165) is 19.6 Å². The van der Waals surface area contributed by atoms with E-state index in [4.69, 9.17) is 14.6 Å². The van der Waals surface area contributed by atoms with E-state index < -0.39 is 0 Å². The van der Waals surface area contributed by atoms with Gasteiger partial charge in [0.25, 0.3) is 0 Å². The summed E-state index contributed by atoms with van der Waals surface area (Å²) in [6, 6.07) is 0. The summed E-state index contributed by atoms with van der Waals surface area (Å²) in [5, 5.41) is 8.99. The van der Waals surface area contributed by atoms with Crippen LogP contribution in [0.4, 0.5) is 0 Å². The number of aliphatic hydroxyl groups excluding tert-OH is 1. The minimum atomic E-state index is -0.240. The van der Waals surface area contributed by atoms with Crippen molar-refractivity contribution in [1.82, 2.24) is 0 Å². The maximum absolute atomic E-state index is 8.99. The second-order valence-corrected chi connectivity index (χ2v) is 2.81. The van der Waals surface area contributed by atoms with Crippen LogP contribution < -0.4 is 0 Å². The molecule has 3 nitrogen and oxygen atoms in total. The molecule has 1 aliphatic rings. The van der Waals surface area contributed by atoms with E-state index in [9.17, 15) is 0 Å². The molecule has 1 fully saturated rings. The zero-order valence-corrected chi connectivity index (χ0v) is 6.25. The minimum Gasteiger partial charge on any atom is -0.393 e. The quantitative estimate of drug-likeness (QED) is 0.612. The lowest BCUT2D eigenvalue weighted by atomic mass is 10.0. The summed E-state index contributed by atoms with van der Waals surface area (Å²) in [5.41, 5.74) is 0. The van der Waals surface area contributed by atoms with Gasteiger partial charge in [-0.05, 0) is 13.3 Å². The fraction of sp³-hybridized carbons (Fsp3) is 1.00. The Balaban J connectivity index is 2.13. The predicted molar refractivity (Wildman–Crippen MR) is 36.6 cm³/mol. The highest BCUT2D eigenvalue weighted by atomic mass is 16.7. The zero-order valence-electron chi connectivity index (χ0n) is 6.25. The van der Waals surface area contributed by atoms with E-state index >= 15 is 0 Å². The first-order chi connectivity index (χ1) is 4.79. The first kappa shape index (κ1) is 7.98. The molecule has 0 saturated carbocycles. The van der Waals surface area contributed by atoms with Crippen LogP contribution in [0.3, 0.4) is 0 Å². The van der Waals surface area contributed by atoms with Crippen molar-refractivity contribution in [3.8, 4) is 0 Å². The minimum absolute atomic E-state index is 0.240. The summed E-state index contributed by atoms with van der Waals surface area (Å²) in [4.78, 5) is 0. The lowest BCUT2D eigenvalue weighted by molar-refractivity contribution is -0.131. The Labute approximate surface area is 60.9 Å². The monoisotopic (exact) mass is 146 g/mol. The van der Waals surface area contributed by atoms with Gasteiger partial charge in [-0.1, -0.05) is 0 Å². The van der Waals surface area contributed by atoms with E-state index in [1.54, 1.807) is 6.92 Å². The molecule has 0 radical (unpaired) electrons. The van der Waals surface area contributed by atoms with Crippen molar-refractivity contribution >= 4 is 0 Å². The van der Waals surface area contributed by atoms with Crippen LogP contribution in [0.25, 0.3) is 0 Å². The van der Waals surface area contributed by atoms with E-state index in [1.807, 2.05) is 0 Å². The van der Waals surface area contributed by atoms with Crippen LogP contribution >= 0.6 is 0 Å². The van der Waals surface area contributed by atoms with Gasteiger partial charge in [-0.25, -0.2) is 0 Å². The Bertz CT molecular complexity index is 86.9. The molecule has 1 saturated heterocycles. The van der Waals surface area contributed by atoms with Gasteiger partial charge in [0.1, 0.15) is 6.79 Å². The molecule has 0 aromatic heterocycles. The van der Waals surface area contributed by atoms with Gasteiger partial charge in [-0.15, -0.1) is 0 Å². The van der Waals surface area contributed by atoms with E-state index in [2.05, 4.69) is 0 Å². The highest BCUT2D eigenvalue weighted by Crippen LogP contribution is 2.11. The number of hydrogen-bond donors (Lipinski definition) is 1. The lowest BCUT2D eigenvalue weighted by Gasteiger charge is -2.22. The number of hydrogen-bond acceptors (Lipinski definition) is 3. The molecule has 0 aliphatic carbocycles. The molecule has 1 unspecified atom stereocenters. The molecular weight excluding hydrogens is 132 g/mol. The van der Waals surface area contributed by atoms with Gasteiger partial charge in [0.05, 0.1) is 19.3 Å². The zero-order chi connectivity index (χ0) is 7.40. The lowest BCUT2D eigenvalue weighted by Crippen LogP contribution is -2.26. The molecule has 0 bridgehead atoms. The van der Waals surface area contributed by atoms with Gasteiger partial charge >= 0.3 is 0 Å². The Morgan fingerprint density at radius 3 is 2.60 bits per heavy atom. The fourth-order valence-electron chi connectivity index (χ4n) is 1.16. The third kappa shape index (κ3) is 2.64. The van der Waals surface area contributed by atoms with Gasteiger partial charge in [-0.3, -0.25) is 0 Å². The van der Waals surface area contributed by atoms with E-state index in [1.165, 1.54) is 0 Å².